The summed E-state index contributed by atoms with van der Waals surface area (Å²) in [5.41, 5.74) is 0. The van der Waals surface area contributed by atoms with Crippen LogP contribution in [0.2, 0.25) is 0 Å². The highest BCUT2D eigenvalue weighted by atomic mass is 32.2. The van der Waals surface area contributed by atoms with E-state index in [2.05, 4.69) is 19.2 Å². The van der Waals surface area contributed by atoms with Gasteiger partial charge in [-0.05, 0) is 18.8 Å². The second kappa shape index (κ2) is 7.89. The molecule has 6 nitrogen and oxygen atoms in total. The van der Waals surface area contributed by atoms with Gasteiger partial charge in [-0.15, -0.1) is 23.5 Å². The highest BCUT2D eigenvalue weighted by Gasteiger charge is 2.66. The van der Waals surface area contributed by atoms with Crippen LogP contribution in [0, 0.1) is 5.92 Å². The summed E-state index contributed by atoms with van der Waals surface area (Å²) in [4.78, 5) is 25.0. The number of hydrogen-bond acceptors (Lipinski definition) is 6. The molecule has 26 heavy (non-hydrogen) atoms. The lowest BCUT2D eigenvalue weighted by Gasteiger charge is -2.48. The van der Waals surface area contributed by atoms with Gasteiger partial charge >= 0.3 is 11.9 Å². The molecular weight excluding hydrogens is 372 g/mol. The summed E-state index contributed by atoms with van der Waals surface area (Å²) >= 11 is 3.12. The van der Waals surface area contributed by atoms with Crippen LogP contribution < -0.4 is 5.32 Å². The highest BCUT2D eigenvalue weighted by Crippen LogP contribution is 2.59. The van der Waals surface area contributed by atoms with Crippen LogP contribution in [0.15, 0.2) is 0 Å². The lowest BCUT2D eigenvalue weighted by molar-refractivity contribution is -0.158. The molecule has 3 N–H and O–H groups in total. The predicted molar refractivity (Wildman–Crippen MR) is 105 cm³/mol. The molecule has 1 saturated carbocycles. The Balaban J connectivity index is 2.11. The van der Waals surface area contributed by atoms with Gasteiger partial charge in [0.15, 0.2) is 0 Å². The lowest BCUT2D eigenvalue weighted by Crippen LogP contribution is -2.68. The molecule has 0 aromatic carbocycles. The molecule has 3 aliphatic rings. The molecule has 0 amide bonds. The molecule has 0 radical (unpaired) electrons. The van der Waals surface area contributed by atoms with Crippen LogP contribution >= 0.6 is 23.5 Å². The van der Waals surface area contributed by atoms with Gasteiger partial charge in [0.25, 0.3) is 0 Å². The fourth-order valence-electron chi connectivity index (χ4n) is 4.94. The Morgan fingerprint density at radius 1 is 1.19 bits per heavy atom. The number of aliphatic carboxylic acids is 2. The van der Waals surface area contributed by atoms with E-state index in [1.54, 1.807) is 11.8 Å². The summed E-state index contributed by atoms with van der Waals surface area (Å²) < 4.78 is 0. The van der Waals surface area contributed by atoms with Crippen LogP contribution in [0.3, 0.4) is 0 Å². The van der Waals surface area contributed by atoms with Crippen LogP contribution in [-0.4, -0.2) is 60.5 Å². The summed E-state index contributed by atoms with van der Waals surface area (Å²) in [7, 11) is 0. The minimum atomic E-state index is -1.33. The number of carbonyl (C=O) groups is 2. The number of carboxylic acids is 2. The van der Waals surface area contributed by atoms with Crippen molar-refractivity contribution in [2.45, 2.75) is 80.0 Å². The summed E-state index contributed by atoms with van der Waals surface area (Å²) in [5.74, 6) is -0.873. The minimum Gasteiger partial charge on any atom is -0.480 e. The second-order valence-electron chi connectivity index (χ2n) is 7.54. The smallest absolute Gasteiger partial charge is 0.350 e. The SMILES string of the molecule is CCC(CC)C1SC2(CCCCC2)N(C2(C(=O)O)NCCS2)C1C(=O)O. The average Bonchev–Trinajstić information content (AvgIpc) is 3.21. The lowest BCUT2D eigenvalue weighted by atomic mass is 9.89. The van der Waals surface area contributed by atoms with E-state index in [9.17, 15) is 19.8 Å². The summed E-state index contributed by atoms with van der Waals surface area (Å²) in [5, 5.41) is 23.4. The number of rotatable bonds is 6. The van der Waals surface area contributed by atoms with E-state index in [-0.39, 0.29) is 11.2 Å². The van der Waals surface area contributed by atoms with Gasteiger partial charge in [-0.25, -0.2) is 9.69 Å². The minimum absolute atomic E-state index is 0.0696. The first-order valence-corrected chi connectivity index (χ1v) is 11.6. The molecule has 2 saturated heterocycles. The fraction of sp³-hybridized carbons (Fsp3) is 0.889. The fourth-order valence-corrected chi connectivity index (χ4v) is 8.60. The summed E-state index contributed by atoms with van der Waals surface area (Å²) in [6.45, 7) is 4.81. The quantitative estimate of drug-likeness (QED) is 0.625. The molecule has 3 unspecified atom stereocenters. The zero-order chi connectivity index (χ0) is 18.9. The maximum absolute atomic E-state index is 12.4. The van der Waals surface area contributed by atoms with Crippen LogP contribution in [0.4, 0.5) is 0 Å². The topological polar surface area (TPSA) is 89.9 Å². The summed E-state index contributed by atoms with van der Waals surface area (Å²) in [6.07, 6.45) is 6.79. The van der Waals surface area contributed by atoms with Crippen molar-refractivity contribution in [1.29, 1.82) is 0 Å². The number of nitrogens with zero attached hydrogens (tertiary/aromatic N) is 1. The van der Waals surface area contributed by atoms with E-state index in [0.29, 0.717) is 12.3 Å². The van der Waals surface area contributed by atoms with Gasteiger partial charge in [0.2, 0.25) is 4.99 Å². The van der Waals surface area contributed by atoms with Gasteiger partial charge < -0.3 is 10.2 Å². The van der Waals surface area contributed by atoms with Crippen molar-refractivity contribution < 1.29 is 19.8 Å². The van der Waals surface area contributed by atoms with Gasteiger partial charge in [0, 0.05) is 17.5 Å². The molecule has 8 heteroatoms. The Labute approximate surface area is 163 Å². The van der Waals surface area contributed by atoms with E-state index < -0.39 is 27.8 Å². The third-order valence-corrected chi connectivity index (χ3v) is 9.49. The average molecular weight is 403 g/mol. The van der Waals surface area contributed by atoms with Crippen molar-refractivity contribution >= 4 is 35.5 Å². The van der Waals surface area contributed by atoms with E-state index in [0.717, 1.165) is 44.9 Å². The van der Waals surface area contributed by atoms with Crippen molar-refractivity contribution in [3.05, 3.63) is 0 Å². The van der Waals surface area contributed by atoms with E-state index in [4.69, 9.17) is 0 Å². The number of nitrogens with one attached hydrogen (secondary N) is 1. The maximum Gasteiger partial charge on any atom is 0.350 e. The third kappa shape index (κ3) is 3.16. The largest absolute Gasteiger partial charge is 0.480 e. The van der Waals surface area contributed by atoms with E-state index >= 15 is 0 Å². The predicted octanol–water partition coefficient (Wildman–Crippen LogP) is 3.03. The Hall–Kier alpha value is -0.440. The number of hydrogen-bond donors (Lipinski definition) is 3. The van der Waals surface area contributed by atoms with E-state index in [1.165, 1.54) is 11.8 Å². The van der Waals surface area contributed by atoms with Crippen molar-refractivity contribution in [2.24, 2.45) is 5.92 Å². The molecular formula is C18H30N2O4S2. The summed E-state index contributed by atoms with van der Waals surface area (Å²) in [6, 6.07) is -0.766. The van der Waals surface area contributed by atoms with Crippen LogP contribution in [0.25, 0.3) is 0 Å². The van der Waals surface area contributed by atoms with Gasteiger partial charge in [0.1, 0.15) is 6.04 Å². The standard InChI is InChI=1S/C18H30N2O4S2/c1-3-12(4-2)14-13(15(21)22)20(17(26-14)8-6-5-7-9-17)18(16(23)24)19-10-11-25-18/h12-14,19H,3-11H2,1-2H3,(H,21,22)(H,23,24). The van der Waals surface area contributed by atoms with Crippen LogP contribution in [0.1, 0.15) is 58.8 Å². The van der Waals surface area contributed by atoms with Gasteiger partial charge in [-0.2, -0.15) is 0 Å². The third-order valence-electron chi connectivity index (χ3n) is 6.19. The monoisotopic (exact) mass is 402 g/mol. The maximum atomic E-state index is 12.4. The highest BCUT2D eigenvalue weighted by molar-refractivity contribution is 8.02. The molecule has 0 bridgehead atoms. The molecule has 1 spiro atoms. The first kappa shape index (κ1) is 20.3. The zero-order valence-corrected chi connectivity index (χ0v) is 17.2. The molecule has 2 heterocycles. The molecule has 3 atom stereocenters. The normalized spacial score (nSPS) is 34.6. The Kier molecular flexibility index (Phi) is 6.16. The van der Waals surface area contributed by atoms with Crippen molar-refractivity contribution in [2.75, 3.05) is 12.3 Å². The van der Waals surface area contributed by atoms with Crippen molar-refractivity contribution in [3.8, 4) is 0 Å². The zero-order valence-electron chi connectivity index (χ0n) is 15.6. The van der Waals surface area contributed by atoms with Gasteiger partial charge in [-0.3, -0.25) is 10.1 Å². The Bertz CT molecular complexity index is 543. The molecule has 148 valence electrons. The second-order valence-corrected chi connectivity index (χ2v) is 10.4. The Morgan fingerprint density at radius 2 is 1.85 bits per heavy atom. The molecule has 1 aliphatic carbocycles. The van der Waals surface area contributed by atoms with Crippen molar-refractivity contribution in [1.82, 2.24) is 10.2 Å². The van der Waals surface area contributed by atoms with Gasteiger partial charge in [-0.1, -0.05) is 46.0 Å². The first-order chi connectivity index (χ1) is 12.4. The molecule has 2 aliphatic heterocycles. The van der Waals surface area contributed by atoms with Gasteiger partial charge in [0.05, 0.1) is 4.87 Å². The van der Waals surface area contributed by atoms with E-state index in [1.807, 2.05) is 4.90 Å². The van der Waals surface area contributed by atoms with Crippen LogP contribution in [-0.2, 0) is 9.59 Å². The van der Waals surface area contributed by atoms with Crippen LogP contribution in [0.5, 0.6) is 0 Å². The Morgan fingerprint density at radius 3 is 2.31 bits per heavy atom. The molecule has 3 fully saturated rings. The molecule has 0 aromatic heterocycles. The number of thioether (sulfide) groups is 2. The number of carboxylic acid groups (broad SMARTS) is 2. The molecule has 0 aromatic rings. The first-order valence-electron chi connectivity index (χ1n) is 9.74. The molecule has 3 rings (SSSR count). The van der Waals surface area contributed by atoms with Crippen molar-refractivity contribution in [3.63, 3.8) is 0 Å².